The highest BCUT2D eigenvalue weighted by atomic mass is 16.2. The van der Waals surface area contributed by atoms with Crippen LogP contribution in [0.15, 0.2) is 24.4 Å². The molecule has 0 bridgehead atoms. The molecule has 0 saturated carbocycles. The largest absolute Gasteiger partial charge is 0.341 e. The van der Waals surface area contributed by atoms with Crippen molar-refractivity contribution < 1.29 is 9.59 Å². The molecular weight excluding hydrogens is 294 g/mol. The lowest BCUT2D eigenvalue weighted by atomic mass is 10.2. The first-order valence-corrected chi connectivity index (χ1v) is 7.84. The standard InChI is InChI=1S/C16H21N5O2/c1-3-6-21-10-13(8-15(21)22)19-16(23)18-12-5-4-11-9-17-20(2)14(11)7-12/h4-5,7,9,13H,3,6,8,10H2,1-2H3,(H2,18,19,23)/t13-/m0/s1. The molecule has 2 heterocycles. The quantitative estimate of drug-likeness (QED) is 0.901. The number of nitrogens with one attached hydrogen (secondary N) is 2. The molecule has 2 aromatic rings. The minimum absolute atomic E-state index is 0.105. The van der Waals surface area contributed by atoms with Crippen LogP contribution in [0, 0.1) is 0 Å². The smallest absolute Gasteiger partial charge is 0.319 e. The molecule has 0 spiro atoms. The number of likely N-dealkylation sites (tertiary alicyclic amines) is 1. The molecule has 0 unspecified atom stereocenters. The minimum atomic E-state index is -0.289. The summed E-state index contributed by atoms with van der Waals surface area (Å²) in [5.41, 5.74) is 1.65. The Labute approximate surface area is 134 Å². The average Bonchev–Trinajstić information content (AvgIpc) is 3.03. The molecule has 1 fully saturated rings. The number of anilines is 1. The second-order valence-corrected chi connectivity index (χ2v) is 5.88. The van der Waals surface area contributed by atoms with Crippen LogP contribution in [0.5, 0.6) is 0 Å². The third-order valence-corrected chi connectivity index (χ3v) is 4.05. The molecule has 7 nitrogen and oxygen atoms in total. The number of hydrogen-bond donors (Lipinski definition) is 2. The highest BCUT2D eigenvalue weighted by molar-refractivity contribution is 5.93. The fourth-order valence-electron chi connectivity index (χ4n) is 2.93. The van der Waals surface area contributed by atoms with Gasteiger partial charge < -0.3 is 15.5 Å². The van der Waals surface area contributed by atoms with Gasteiger partial charge in [-0.05, 0) is 24.6 Å². The Bertz CT molecular complexity index is 739. The molecule has 3 rings (SSSR count). The van der Waals surface area contributed by atoms with Crippen LogP contribution in [0.4, 0.5) is 10.5 Å². The van der Waals surface area contributed by atoms with Crippen molar-refractivity contribution in [1.29, 1.82) is 0 Å². The van der Waals surface area contributed by atoms with E-state index in [1.165, 1.54) is 0 Å². The second-order valence-electron chi connectivity index (χ2n) is 5.88. The van der Waals surface area contributed by atoms with Gasteiger partial charge in [0.25, 0.3) is 0 Å². The van der Waals surface area contributed by atoms with Crippen LogP contribution < -0.4 is 10.6 Å². The lowest BCUT2D eigenvalue weighted by molar-refractivity contribution is -0.127. The molecule has 1 aromatic carbocycles. The predicted octanol–water partition coefficient (Wildman–Crippen LogP) is 1.71. The average molecular weight is 315 g/mol. The van der Waals surface area contributed by atoms with E-state index in [4.69, 9.17) is 0 Å². The summed E-state index contributed by atoms with van der Waals surface area (Å²) in [6.07, 6.45) is 3.08. The van der Waals surface area contributed by atoms with Crippen LogP contribution in [-0.2, 0) is 11.8 Å². The zero-order valence-electron chi connectivity index (χ0n) is 13.4. The Morgan fingerprint density at radius 2 is 2.26 bits per heavy atom. The number of benzene rings is 1. The molecule has 1 aromatic heterocycles. The lowest BCUT2D eigenvalue weighted by Gasteiger charge is -2.16. The fourth-order valence-corrected chi connectivity index (χ4v) is 2.93. The molecule has 0 aliphatic carbocycles. The third-order valence-electron chi connectivity index (χ3n) is 4.05. The minimum Gasteiger partial charge on any atom is -0.341 e. The van der Waals surface area contributed by atoms with E-state index in [0.717, 1.165) is 23.9 Å². The van der Waals surface area contributed by atoms with E-state index in [1.54, 1.807) is 15.8 Å². The van der Waals surface area contributed by atoms with Crippen molar-refractivity contribution in [2.75, 3.05) is 18.4 Å². The molecule has 1 aliphatic rings. The number of aromatic nitrogens is 2. The van der Waals surface area contributed by atoms with Crippen molar-refractivity contribution in [3.63, 3.8) is 0 Å². The van der Waals surface area contributed by atoms with E-state index in [0.29, 0.717) is 18.7 Å². The summed E-state index contributed by atoms with van der Waals surface area (Å²) in [5.74, 6) is 0.105. The molecule has 3 amide bonds. The van der Waals surface area contributed by atoms with Crippen LogP contribution in [0.1, 0.15) is 19.8 Å². The number of hydrogen-bond acceptors (Lipinski definition) is 3. The van der Waals surface area contributed by atoms with Crippen molar-refractivity contribution in [1.82, 2.24) is 20.0 Å². The summed E-state index contributed by atoms with van der Waals surface area (Å²) >= 11 is 0. The monoisotopic (exact) mass is 315 g/mol. The molecule has 1 aliphatic heterocycles. The summed E-state index contributed by atoms with van der Waals surface area (Å²) < 4.78 is 1.76. The normalized spacial score (nSPS) is 17.7. The van der Waals surface area contributed by atoms with Gasteiger partial charge in [0.05, 0.1) is 17.8 Å². The van der Waals surface area contributed by atoms with Crippen molar-refractivity contribution >= 4 is 28.5 Å². The highest BCUT2D eigenvalue weighted by Crippen LogP contribution is 2.18. The van der Waals surface area contributed by atoms with Crippen molar-refractivity contribution in [2.45, 2.75) is 25.8 Å². The van der Waals surface area contributed by atoms with Crippen LogP contribution >= 0.6 is 0 Å². The number of urea groups is 1. The summed E-state index contributed by atoms with van der Waals surface area (Å²) in [6.45, 7) is 3.37. The van der Waals surface area contributed by atoms with Gasteiger partial charge in [-0.2, -0.15) is 5.10 Å². The van der Waals surface area contributed by atoms with E-state index < -0.39 is 0 Å². The Balaban J connectivity index is 1.60. The van der Waals surface area contributed by atoms with Gasteiger partial charge in [0.1, 0.15) is 0 Å². The van der Waals surface area contributed by atoms with Gasteiger partial charge >= 0.3 is 6.03 Å². The number of fused-ring (bicyclic) bond motifs is 1. The van der Waals surface area contributed by atoms with Gasteiger partial charge in [-0.3, -0.25) is 9.48 Å². The second kappa shape index (κ2) is 6.28. The van der Waals surface area contributed by atoms with E-state index in [-0.39, 0.29) is 18.0 Å². The predicted molar refractivity (Wildman–Crippen MR) is 88.1 cm³/mol. The zero-order chi connectivity index (χ0) is 16.4. The van der Waals surface area contributed by atoms with Crippen molar-refractivity contribution in [2.24, 2.45) is 7.05 Å². The van der Waals surface area contributed by atoms with Crippen LogP contribution in [-0.4, -0.2) is 45.8 Å². The van der Waals surface area contributed by atoms with Crippen molar-refractivity contribution in [3.05, 3.63) is 24.4 Å². The van der Waals surface area contributed by atoms with Crippen LogP contribution in [0.3, 0.4) is 0 Å². The summed E-state index contributed by atoms with van der Waals surface area (Å²) in [5, 5.41) is 10.9. The number of carbonyl (C=O) groups is 2. The Hall–Kier alpha value is -2.57. The number of amides is 3. The van der Waals surface area contributed by atoms with Crippen LogP contribution in [0.25, 0.3) is 10.9 Å². The van der Waals surface area contributed by atoms with Gasteiger partial charge in [-0.1, -0.05) is 6.92 Å². The third kappa shape index (κ3) is 3.28. The lowest BCUT2D eigenvalue weighted by Crippen LogP contribution is -2.39. The van der Waals surface area contributed by atoms with Gasteiger partial charge in [0.15, 0.2) is 0 Å². The first kappa shape index (κ1) is 15.3. The highest BCUT2D eigenvalue weighted by Gasteiger charge is 2.29. The number of rotatable bonds is 4. The van der Waals surface area contributed by atoms with E-state index in [2.05, 4.69) is 15.7 Å². The summed E-state index contributed by atoms with van der Waals surface area (Å²) in [7, 11) is 1.86. The molecule has 122 valence electrons. The fraction of sp³-hybridized carbons (Fsp3) is 0.438. The maximum Gasteiger partial charge on any atom is 0.319 e. The van der Waals surface area contributed by atoms with Gasteiger partial charge in [0.2, 0.25) is 5.91 Å². The van der Waals surface area contributed by atoms with E-state index >= 15 is 0 Å². The first-order valence-electron chi connectivity index (χ1n) is 7.84. The Morgan fingerprint density at radius 1 is 1.43 bits per heavy atom. The SMILES string of the molecule is CCCN1C[C@@H](NC(=O)Nc2ccc3cnn(C)c3c2)CC1=O. The maximum atomic E-state index is 12.1. The zero-order valence-corrected chi connectivity index (χ0v) is 13.4. The van der Waals surface area contributed by atoms with Gasteiger partial charge in [0, 0.05) is 37.6 Å². The molecular formula is C16H21N5O2. The topological polar surface area (TPSA) is 79.3 Å². The molecule has 2 N–H and O–H groups in total. The molecule has 7 heteroatoms. The van der Waals surface area contributed by atoms with Gasteiger partial charge in [-0.25, -0.2) is 4.79 Å². The molecule has 0 radical (unpaired) electrons. The summed E-state index contributed by atoms with van der Waals surface area (Å²) in [6, 6.07) is 5.22. The Morgan fingerprint density at radius 3 is 3.04 bits per heavy atom. The van der Waals surface area contributed by atoms with Crippen LogP contribution in [0.2, 0.25) is 0 Å². The summed E-state index contributed by atoms with van der Waals surface area (Å²) in [4.78, 5) is 25.7. The first-order chi connectivity index (χ1) is 11.1. The van der Waals surface area contributed by atoms with Crippen molar-refractivity contribution in [3.8, 4) is 0 Å². The van der Waals surface area contributed by atoms with E-state index in [1.807, 2.05) is 32.2 Å². The molecule has 1 saturated heterocycles. The maximum absolute atomic E-state index is 12.1. The number of aryl methyl sites for hydroxylation is 1. The Kier molecular flexibility index (Phi) is 4.18. The molecule has 23 heavy (non-hydrogen) atoms. The number of nitrogens with zero attached hydrogens (tertiary/aromatic N) is 3. The molecule has 1 atom stereocenters. The van der Waals surface area contributed by atoms with Gasteiger partial charge in [-0.15, -0.1) is 0 Å². The van der Waals surface area contributed by atoms with E-state index in [9.17, 15) is 9.59 Å². The number of carbonyl (C=O) groups excluding carboxylic acids is 2.